The van der Waals surface area contributed by atoms with Gasteiger partial charge in [0.2, 0.25) is 5.88 Å². The standard InChI is InChI=1S/C6H9BrN2O2/c1-10-6-5(7)8-3-4-9(6)11-2/h3-4,8H,1-2H3. The second-order valence-electron chi connectivity index (χ2n) is 1.79. The van der Waals surface area contributed by atoms with Crippen LogP contribution in [-0.2, 0) is 9.57 Å². The summed E-state index contributed by atoms with van der Waals surface area (Å²) in [6, 6.07) is 0. The van der Waals surface area contributed by atoms with Crippen LogP contribution < -0.4 is 5.32 Å². The van der Waals surface area contributed by atoms with E-state index in [1.54, 1.807) is 26.6 Å². The molecule has 0 atom stereocenters. The van der Waals surface area contributed by atoms with Crippen LogP contribution in [0, 0.1) is 0 Å². The molecule has 0 aliphatic carbocycles. The minimum Gasteiger partial charge on any atom is -0.479 e. The van der Waals surface area contributed by atoms with Gasteiger partial charge in [-0.25, -0.2) is 0 Å². The number of methoxy groups -OCH3 is 1. The molecule has 4 nitrogen and oxygen atoms in total. The molecule has 0 aromatic carbocycles. The molecule has 0 fully saturated rings. The molecule has 11 heavy (non-hydrogen) atoms. The number of hydrogen-bond acceptors (Lipinski definition) is 4. The molecule has 1 aliphatic rings. The normalized spacial score (nSPS) is 16.8. The van der Waals surface area contributed by atoms with Gasteiger partial charge in [0, 0.05) is 6.20 Å². The number of nitrogens with zero attached hydrogens (tertiary/aromatic N) is 1. The highest BCUT2D eigenvalue weighted by Gasteiger charge is 2.14. The molecule has 1 heterocycles. The highest BCUT2D eigenvalue weighted by Crippen LogP contribution is 2.17. The Labute approximate surface area is 73.5 Å². The van der Waals surface area contributed by atoms with E-state index in [1.807, 2.05) is 0 Å². The Morgan fingerprint density at radius 3 is 2.73 bits per heavy atom. The Balaban J connectivity index is 2.78. The largest absolute Gasteiger partial charge is 0.479 e. The minimum atomic E-state index is 0.593. The quantitative estimate of drug-likeness (QED) is 0.707. The van der Waals surface area contributed by atoms with Crippen molar-refractivity contribution >= 4 is 15.9 Å². The van der Waals surface area contributed by atoms with Gasteiger partial charge in [-0.05, 0) is 15.9 Å². The van der Waals surface area contributed by atoms with Gasteiger partial charge >= 0.3 is 0 Å². The third-order valence-electron chi connectivity index (χ3n) is 1.20. The fraction of sp³-hybridized carbons (Fsp3) is 0.333. The molecule has 1 rings (SSSR count). The molecule has 0 amide bonds. The van der Waals surface area contributed by atoms with Gasteiger partial charge < -0.3 is 10.1 Å². The number of halogens is 1. The van der Waals surface area contributed by atoms with Crippen molar-refractivity contribution in [2.24, 2.45) is 0 Å². The smallest absolute Gasteiger partial charge is 0.249 e. The highest BCUT2D eigenvalue weighted by atomic mass is 79.9. The van der Waals surface area contributed by atoms with Crippen molar-refractivity contribution < 1.29 is 9.57 Å². The van der Waals surface area contributed by atoms with Gasteiger partial charge in [-0.3, -0.25) is 4.84 Å². The van der Waals surface area contributed by atoms with Gasteiger partial charge in [0.15, 0.2) is 0 Å². The number of ether oxygens (including phenoxy) is 1. The maximum atomic E-state index is 5.03. The van der Waals surface area contributed by atoms with Crippen LogP contribution in [0.2, 0.25) is 0 Å². The van der Waals surface area contributed by atoms with Gasteiger partial charge in [0.1, 0.15) is 4.61 Å². The van der Waals surface area contributed by atoms with Crippen molar-refractivity contribution in [1.29, 1.82) is 0 Å². The lowest BCUT2D eigenvalue weighted by Gasteiger charge is -2.23. The molecule has 0 saturated carbocycles. The lowest BCUT2D eigenvalue weighted by atomic mass is 10.6. The lowest BCUT2D eigenvalue weighted by Crippen LogP contribution is -2.24. The SMILES string of the molecule is COC1=C(Br)NC=CN1OC. The second kappa shape index (κ2) is 3.64. The maximum Gasteiger partial charge on any atom is 0.249 e. The van der Waals surface area contributed by atoms with Crippen LogP contribution in [0.25, 0.3) is 0 Å². The first kappa shape index (κ1) is 8.42. The molecule has 1 aliphatic heterocycles. The van der Waals surface area contributed by atoms with Crippen molar-refractivity contribution in [3.63, 3.8) is 0 Å². The average molecular weight is 221 g/mol. The zero-order valence-electron chi connectivity index (χ0n) is 6.30. The van der Waals surface area contributed by atoms with E-state index in [4.69, 9.17) is 9.57 Å². The van der Waals surface area contributed by atoms with Crippen LogP contribution in [0.1, 0.15) is 0 Å². The molecule has 0 saturated heterocycles. The molecule has 62 valence electrons. The van der Waals surface area contributed by atoms with Crippen molar-refractivity contribution in [1.82, 2.24) is 10.4 Å². The Morgan fingerprint density at radius 2 is 2.27 bits per heavy atom. The third kappa shape index (κ3) is 1.66. The monoisotopic (exact) mass is 220 g/mol. The Morgan fingerprint density at radius 1 is 1.55 bits per heavy atom. The van der Waals surface area contributed by atoms with E-state index in [2.05, 4.69) is 21.2 Å². The molecule has 0 bridgehead atoms. The lowest BCUT2D eigenvalue weighted by molar-refractivity contribution is -0.0992. The summed E-state index contributed by atoms with van der Waals surface area (Å²) < 4.78 is 5.77. The van der Waals surface area contributed by atoms with Crippen molar-refractivity contribution in [2.45, 2.75) is 0 Å². The van der Waals surface area contributed by atoms with Gasteiger partial charge in [0.05, 0.1) is 20.4 Å². The molecular weight excluding hydrogens is 212 g/mol. The molecule has 0 radical (unpaired) electrons. The Hall–Kier alpha value is -0.680. The van der Waals surface area contributed by atoms with E-state index in [0.29, 0.717) is 5.88 Å². The predicted molar refractivity (Wildman–Crippen MR) is 44.1 cm³/mol. The van der Waals surface area contributed by atoms with Crippen molar-refractivity contribution in [3.8, 4) is 0 Å². The van der Waals surface area contributed by atoms with Gasteiger partial charge in [-0.15, -0.1) is 0 Å². The van der Waals surface area contributed by atoms with Crippen LogP contribution in [0.3, 0.4) is 0 Å². The summed E-state index contributed by atoms with van der Waals surface area (Å²) in [4.78, 5) is 4.96. The minimum absolute atomic E-state index is 0.593. The number of rotatable bonds is 2. The van der Waals surface area contributed by atoms with Crippen molar-refractivity contribution in [2.75, 3.05) is 14.2 Å². The zero-order valence-corrected chi connectivity index (χ0v) is 7.88. The summed E-state index contributed by atoms with van der Waals surface area (Å²) in [6.07, 6.45) is 3.44. The van der Waals surface area contributed by atoms with E-state index in [9.17, 15) is 0 Å². The van der Waals surface area contributed by atoms with E-state index in [1.165, 1.54) is 5.06 Å². The first-order valence-electron chi connectivity index (χ1n) is 3.00. The highest BCUT2D eigenvalue weighted by molar-refractivity contribution is 9.11. The van der Waals surface area contributed by atoms with E-state index >= 15 is 0 Å². The van der Waals surface area contributed by atoms with Crippen LogP contribution in [0.15, 0.2) is 22.9 Å². The summed E-state index contributed by atoms with van der Waals surface area (Å²) in [5.74, 6) is 0.593. The van der Waals surface area contributed by atoms with Crippen LogP contribution in [0.4, 0.5) is 0 Å². The molecule has 5 heteroatoms. The van der Waals surface area contributed by atoms with Crippen LogP contribution in [-0.4, -0.2) is 19.3 Å². The van der Waals surface area contributed by atoms with E-state index < -0.39 is 0 Å². The average Bonchev–Trinajstić information content (AvgIpc) is 2.04. The van der Waals surface area contributed by atoms with E-state index in [-0.39, 0.29) is 0 Å². The van der Waals surface area contributed by atoms with Gasteiger partial charge in [0.25, 0.3) is 0 Å². The fourth-order valence-electron chi connectivity index (χ4n) is 0.728. The van der Waals surface area contributed by atoms with Gasteiger partial charge in [-0.1, -0.05) is 0 Å². The Kier molecular flexibility index (Phi) is 2.78. The molecule has 1 N–H and O–H groups in total. The van der Waals surface area contributed by atoms with Crippen LogP contribution >= 0.6 is 15.9 Å². The first-order chi connectivity index (χ1) is 5.29. The number of hydrogen-bond donors (Lipinski definition) is 1. The Bertz CT molecular complexity index is 203. The first-order valence-corrected chi connectivity index (χ1v) is 3.79. The van der Waals surface area contributed by atoms with E-state index in [0.717, 1.165) is 4.61 Å². The number of hydroxylamine groups is 2. The maximum absolute atomic E-state index is 5.03. The molecule has 0 aromatic heterocycles. The fourth-order valence-corrected chi connectivity index (χ4v) is 1.20. The molecule has 0 aromatic rings. The number of nitrogens with one attached hydrogen (secondary N) is 1. The molecule has 0 unspecified atom stereocenters. The summed E-state index contributed by atoms with van der Waals surface area (Å²) in [6.45, 7) is 0. The summed E-state index contributed by atoms with van der Waals surface area (Å²) in [7, 11) is 3.14. The third-order valence-corrected chi connectivity index (χ3v) is 1.77. The van der Waals surface area contributed by atoms with Crippen LogP contribution in [0.5, 0.6) is 0 Å². The molecular formula is C6H9BrN2O2. The molecule has 0 spiro atoms. The summed E-state index contributed by atoms with van der Waals surface area (Å²) in [5, 5.41) is 4.42. The summed E-state index contributed by atoms with van der Waals surface area (Å²) in [5.41, 5.74) is 0. The van der Waals surface area contributed by atoms with Gasteiger partial charge in [-0.2, -0.15) is 5.06 Å². The predicted octanol–water partition coefficient (Wildman–Crippen LogP) is 1.09. The topological polar surface area (TPSA) is 33.7 Å². The summed E-state index contributed by atoms with van der Waals surface area (Å²) >= 11 is 3.27. The van der Waals surface area contributed by atoms with Crippen molar-refractivity contribution in [3.05, 3.63) is 22.9 Å². The zero-order chi connectivity index (χ0) is 8.27. The second-order valence-corrected chi connectivity index (χ2v) is 2.58.